The molecule has 2 aromatic heterocycles. The number of ether oxygens (including phenoxy) is 1. The van der Waals surface area contributed by atoms with E-state index in [1.165, 1.54) is 0 Å². The van der Waals surface area contributed by atoms with E-state index < -0.39 is 17.7 Å². The van der Waals surface area contributed by atoms with Crippen molar-refractivity contribution >= 4 is 28.8 Å². The molecule has 4 rings (SSSR count). The molecule has 0 unspecified atom stereocenters. The van der Waals surface area contributed by atoms with Crippen LogP contribution < -0.4 is 5.32 Å². The van der Waals surface area contributed by atoms with Gasteiger partial charge in [0.2, 0.25) is 0 Å². The number of fused-ring (bicyclic) bond motifs is 2. The summed E-state index contributed by atoms with van der Waals surface area (Å²) in [6, 6.07) is 7.95. The van der Waals surface area contributed by atoms with Gasteiger partial charge in [0, 0.05) is 17.5 Å². The van der Waals surface area contributed by atoms with Crippen LogP contribution in [-0.2, 0) is 11.2 Å². The third kappa shape index (κ3) is 4.40. The normalized spacial score (nSPS) is 14.6. The first-order valence-corrected chi connectivity index (χ1v) is 9.94. The number of benzene rings is 1. The molecule has 1 atom stereocenters. The van der Waals surface area contributed by atoms with E-state index in [1.54, 1.807) is 57.4 Å². The summed E-state index contributed by atoms with van der Waals surface area (Å²) in [5, 5.41) is 10.5. The highest BCUT2D eigenvalue weighted by Crippen LogP contribution is 2.23. The van der Waals surface area contributed by atoms with Gasteiger partial charge in [-0.1, -0.05) is 12.1 Å². The van der Waals surface area contributed by atoms with Crippen LogP contribution in [0.2, 0.25) is 0 Å². The number of imide groups is 1. The predicted molar refractivity (Wildman–Crippen MR) is 113 cm³/mol. The Hall–Kier alpha value is -3.75. The molecule has 2 N–H and O–H groups in total. The molecule has 0 fully saturated rings. The van der Waals surface area contributed by atoms with E-state index in [1.807, 2.05) is 6.07 Å². The van der Waals surface area contributed by atoms with Crippen molar-refractivity contribution in [1.29, 1.82) is 0 Å². The van der Waals surface area contributed by atoms with E-state index in [4.69, 9.17) is 4.74 Å². The second-order valence-corrected chi connectivity index (χ2v) is 8.45. The number of hydrogen-bond acceptors (Lipinski definition) is 6. The fraction of sp³-hybridized carbons (Fsp3) is 0.318. The van der Waals surface area contributed by atoms with Gasteiger partial charge >= 0.3 is 6.09 Å². The summed E-state index contributed by atoms with van der Waals surface area (Å²) in [6.45, 7) is 5.29. The summed E-state index contributed by atoms with van der Waals surface area (Å²) in [7, 11) is 0. The van der Waals surface area contributed by atoms with E-state index in [9.17, 15) is 14.4 Å². The third-order valence-corrected chi connectivity index (χ3v) is 4.84. The van der Waals surface area contributed by atoms with Crippen LogP contribution >= 0.6 is 0 Å². The minimum absolute atomic E-state index is 0.00328. The number of pyridine rings is 1. The van der Waals surface area contributed by atoms with Gasteiger partial charge in [-0.2, -0.15) is 5.10 Å². The van der Waals surface area contributed by atoms with Gasteiger partial charge in [0.15, 0.2) is 0 Å². The van der Waals surface area contributed by atoms with E-state index in [0.29, 0.717) is 23.2 Å². The van der Waals surface area contributed by atoms with Crippen LogP contribution in [0.1, 0.15) is 47.2 Å². The van der Waals surface area contributed by atoms with Crippen molar-refractivity contribution in [2.45, 2.75) is 38.8 Å². The number of aromatic amines is 1. The number of nitrogens with zero attached hydrogens (tertiary/aromatic N) is 3. The summed E-state index contributed by atoms with van der Waals surface area (Å²) in [6.07, 6.45) is 3.01. The topological polar surface area (TPSA) is 117 Å². The molecule has 9 nitrogen and oxygen atoms in total. The number of hydrogen-bond donors (Lipinski definition) is 2. The highest BCUT2D eigenvalue weighted by Gasteiger charge is 2.37. The fourth-order valence-electron chi connectivity index (χ4n) is 3.51. The summed E-state index contributed by atoms with van der Waals surface area (Å²) in [5.41, 5.74) is 1.52. The number of carbonyl (C=O) groups is 3. The van der Waals surface area contributed by atoms with Gasteiger partial charge in [0.1, 0.15) is 5.60 Å². The number of carbonyl (C=O) groups excluding carboxylic acids is 3. The van der Waals surface area contributed by atoms with Crippen molar-refractivity contribution in [2.75, 3.05) is 6.54 Å². The quantitative estimate of drug-likeness (QED) is 0.612. The lowest BCUT2D eigenvalue weighted by Gasteiger charge is -2.26. The minimum atomic E-state index is -0.682. The zero-order valence-electron chi connectivity index (χ0n) is 17.5. The maximum absolute atomic E-state index is 12.8. The maximum Gasteiger partial charge on any atom is 0.407 e. The fourth-order valence-corrected chi connectivity index (χ4v) is 3.51. The molecule has 0 aliphatic carbocycles. The van der Waals surface area contributed by atoms with Gasteiger partial charge in [-0.25, -0.2) is 4.79 Å². The molecule has 1 aliphatic heterocycles. The van der Waals surface area contributed by atoms with Gasteiger partial charge in [0.25, 0.3) is 11.8 Å². The zero-order valence-corrected chi connectivity index (χ0v) is 17.5. The van der Waals surface area contributed by atoms with Gasteiger partial charge in [-0.05, 0) is 39.0 Å². The lowest BCUT2D eigenvalue weighted by molar-refractivity contribution is 0.0467. The Labute approximate surface area is 178 Å². The molecule has 0 spiro atoms. The molecule has 31 heavy (non-hydrogen) atoms. The van der Waals surface area contributed by atoms with Crippen molar-refractivity contribution in [3.63, 3.8) is 0 Å². The molecular formula is C22H23N5O4. The average Bonchev–Trinajstić information content (AvgIpc) is 3.25. The van der Waals surface area contributed by atoms with Crippen molar-refractivity contribution in [1.82, 2.24) is 25.4 Å². The molecule has 0 bridgehead atoms. The van der Waals surface area contributed by atoms with Crippen LogP contribution in [0.4, 0.5) is 4.79 Å². The molecule has 0 radical (unpaired) electrons. The van der Waals surface area contributed by atoms with Crippen molar-refractivity contribution < 1.29 is 19.1 Å². The molecule has 1 aliphatic rings. The smallest absolute Gasteiger partial charge is 0.407 e. The molecule has 0 saturated carbocycles. The first kappa shape index (κ1) is 20.5. The van der Waals surface area contributed by atoms with Crippen LogP contribution in [-0.4, -0.2) is 56.2 Å². The number of rotatable bonds is 5. The van der Waals surface area contributed by atoms with Gasteiger partial charge in [-0.3, -0.25) is 24.6 Å². The van der Waals surface area contributed by atoms with E-state index in [0.717, 1.165) is 15.8 Å². The van der Waals surface area contributed by atoms with Crippen LogP contribution in [0.15, 0.2) is 42.7 Å². The van der Waals surface area contributed by atoms with Crippen LogP contribution in [0.25, 0.3) is 10.9 Å². The molecular weight excluding hydrogens is 398 g/mol. The van der Waals surface area contributed by atoms with Crippen molar-refractivity contribution in [3.8, 4) is 0 Å². The van der Waals surface area contributed by atoms with E-state index in [2.05, 4.69) is 20.5 Å². The van der Waals surface area contributed by atoms with Gasteiger partial charge in [0.05, 0.1) is 41.6 Å². The van der Waals surface area contributed by atoms with Crippen molar-refractivity contribution in [3.05, 3.63) is 59.5 Å². The molecule has 1 aromatic carbocycles. The Bertz CT molecular complexity index is 1130. The largest absolute Gasteiger partial charge is 0.444 e. The summed E-state index contributed by atoms with van der Waals surface area (Å²) in [5.74, 6) is -0.760. The molecule has 0 saturated heterocycles. The molecule has 9 heteroatoms. The zero-order chi connectivity index (χ0) is 22.2. The first-order chi connectivity index (χ1) is 14.7. The maximum atomic E-state index is 12.8. The van der Waals surface area contributed by atoms with Crippen LogP contribution in [0.3, 0.4) is 0 Å². The molecule has 3 heterocycles. The third-order valence-electron chi connectivity index (χ3n) is 4.84. The number of amides is 3. The molecule has 3 amide bonds. The Morgan fingerprint density at radius 3 is 2.48 bits per heavy atom. The highest BCUT2D eigenvalue weighted by molar-refractivity contribution is 6.21. The number of alkyl carbamates (subject to hydrolysis) is 1. The number of nitrogens with one attached hydrogen (secondary N) is 2. The average molecular weight is 421 g/mol. The Balaban J connectivity index is 1.56. The Morgan fingerprint density at radius 2 is 1.84 bits per heavy atom. The van der Waals surface area contributed by atoms with Gasteiger partial charge < -0.3 is 10.1 Å². The lowest BCUT2D eigenvalue weighted by Crippen LogP contribution is -2.48. The van der Waals surface area contributed by atoms with Crippen LogP contribution in [0.5, 0.6) is 0 Å². The SMILES string of the molecule is CC(C)(C)OC(=O)N[C@@H](Cc1cc2cn[nH]c2cn1)CN1C(=O)c2ccccc2C1=O. The van der Waals surface area contributed by atoms with E-state index >= 15 is 0 Å². The Morgan fingerprint density at radius 1 is 1.16 bits per heavy atom. The lowest BCUT2D eigenvalue weighted by atomic mass is 10.1. The second kappa shape index (κ2) is 7.82. The standard InChI is InChI=1S/C22H23N5O4/c1-22(2,3)31-21(30)25-15(9-14-8-13-10-24-26-18(13)11-23-14)12-27-19(28)16-6-4-5-7-17(16)20(27)29/h4-8,10-11,15H,9,12H2,1-3H3,(H,24,26)(H,25,30)/t15-/m0/s1. The molecule has 160 valence electrons. The highest BCUT2D eigenvalue weighted by atomic mass is 16.6. The minimum Gasteiger partial charge on any atom is -0.444 e. The summed E-state index contributed by atoms with van der Waals surface area (Å²) >= 11 is 0. The summed E-state index contributed by atoms with van der Waals surface area (Å²) < 4.78 is 5.37. The van der Waals surface area contributed by atoms with Crippen LogP contribution in [0, 0.1) is 0 Å². The number of aromatic nitrogens is 3. The Kier molecular flexibility index (Phi) is 5.18. The first-order valence-electron chi connectivity index (χ1n) is 9.94. The second-order valence-electron chi connectivity index (χ2n) is 8.45. The number of H-pyrrole nitrogens is 1. The molecule has 3 aromatic rings. The van der Waals surface area contributed by atoms with Crippen molar-refractivity contribution in [2.24, 2.45) is 0 Å². The monoisotopic (exact) mass is 421 g/mol. The van der Waals surface area contributed by atoms with E-state index in [-0.39, 0.29) is 18.4 Å². The predicted octanol–water partition coefficient (Wildman–Crippen LogP) is 2.69. The van der Waals surface area contributed by atoms with Gasteiger partial charge in [-0.15, -0.1) is 0 Å². The summed E-state index contributed by atoms with van der Waals surface area (Å²) in [4.78, 5) is 43.6.